The number of aromatic nitrogens is 2. The van der Waals surface area contributed by atoms with Crippen LogP contribution in [-0.2, 0) is 7.05 Å². The number of carbonyl (C=O) groups is 1. The summed E-state index contributed by atoms with van der Waals surface area (Å²) in [6, 6.07) is 5.06. The number of hydrogen-bond donors (Lipinski definition) is 3. The molecule has 0 aliphatic heterocycles. The highest BCUT2D eigenvalue weighted by Gasteiger charge is 2.17. The number of oxime groups is 1. The van der Waals surface area contributed by atoms with Crippen LogP contribution < -0.4 is 11.1 Å². The van der Waals surface area contributed by atoms with Gasteiger partial charge in [0.15, 0.2) is 5.84 Å². The quantitative estimate of drug-likeness (QED) is 0.347. The molecule has 0 unspecified atom stereocenters. The van der Waals surface area contributed by atoms with Gasteiger partial charge in [-0.2, -0.15) is 5.10 Å². The van der Waals surface area contributed by atoms with Gasteiger partial charge in [-0.15, -0.1) is 0 Å². The molecule has 1 aromatic heterocycles. The Kier molecular flexibility index (Phi) is 4.13. The minimum atomic E-state index is -0.356. The summed E-state index contributed by atoms with van der Waals surface area (Å²) in [5.74, 6) is -0.165. The lowest BCUT2D eigenvalue weighted by atomic mass is 10.1. The summed E-state index contributed by atoms with van der Waals surface area (Å²) >= 11 is 6.01. The maximum absolute atomic E-state index is 12.3. The van der Waals surface area contributed by atoms with Crippen LogP contribution in [0.1, 0.15) is 21.5 Å². The molecule has 1 amide bonds. The molecular weight excluding hydrogens is 294 g/mol. The second kappa shape index (κ2) is 5.84. The maximum Gasteiger partial charge on any atom is 0.257 e. The van der Waals surface area contributed by atoms with Gasteiger partial charge in [-0.25, -0.2) is 0 Å². The average molecular weight is 308 g/mol. The smallest absolute Gasteiger partial charge is 0.257 e. The Morgan fingerprint density at radius 3 is 2.86 bits per heavy atom. The Balaban J connectivity index is 2.37. The monoisotopic (exact) mass is 307 g/mol. The van der Waals surface area contributed by atoms with Crippen molar-refractivity contribution in [3.8, 4) is 0 Å². The molecule has 0 spiro atoms. The van der Waals surface area contributed by atoms with Crippen molar-refractivity contribution in [2.24, 2.45) is 17.9 Å². The van der Waals surface area contributed by atoms with Crippen LogP contribution in [-0.4, -0.2) is 26.7 Å². The van der Waals surface area contributed by atoms with Gasteiger partial charge >= 0.3 is 0 Å². The normalized spacial score (nSPS) is 11.5. The Morgan fingerprint density at radius 2 is 2.19 bits per heavy atom. The van der Waals surface area contributed by atoms with E-state index in [9.17, 15) is 4.79 Å². The molecule has 0 saturated carbocycles. The highest BCUT2D eigenvalue weighted by atomic mass is 35.5. The summed E-state index contributed by atoms with van der Waals surface area (Å²) in [7, 11) is 1.63. The zero-order valence-electron chi connectivity index (χ0n) is 11.5. The van der Waals surface area contributed by atoms with Gasteiger partial charge in [0.25, 0.3) is 5.91 Å². The number of benzene rings is 1. The fourth-order valence-electron chi connectivity index (χ4n) is 1.86. The van der Waals surface area contributed by atoms with Crippen molar-refractivity contribution >= 4 is 29.2 Å². The van der Waals surface area contributed by atoms with E-state index < -0.39 is 0 Å². The van der Waals surface area contributed by atoms with Crippen LogP contribution in [0.5, 0.6) is 0 Å². The number of nitrogens with zero attached hydrogens (tertiary/aromatic N) is 3. The second-order valence-corrected chi connectivity index (χ2v) is 4.79. The van der Waals surface area contributed by atoms with Crippen LogP contribution in [0.3, 0.4) is 0 Å². The maximum atomic E-state index is 12.3. The molecule has 21 heavy (non-hydrogen) atoms. The minimum absolute atomic E-state index is 0.138. The Morgan fingerprint density at radius 1 is 1.48 bits per heavy atom. The number of amides is 1. The van der Waals surface area contributed by atoms with Crippen molar-refractivity contribution < 1.29 is 10.0 Å². The van der Waals surface area contributed by atoms with Crippen molar-refractivity contribution in [3.63, 3.8) is 0 Å². The van der Waals surface area contributed by atoms with Crippen LogP contribution in [0.25, 0.3) is 0 Å². The van der Waals surface area contributed by atoms with Gasteiger partial charge < -0.3 is 16.3 Å². The summed E-state index contributed by atoms with van der Waals surface area (Å²) in [5.41, 5.74) is 6.99. The molecule has 1 aromatic carbocycles. The molecule has 0 aliphatic carbocycles. The van der Waals surface area contributed by atoms with Gasteiger partial charge in [0.2, 0.25) is 0 Å². The number of halogens is 1. The molecule has 0 fully saturated rings. The molecule has 0 atom stereocenters. The first-order chi connectivity index (χ1) is 9.95. The number of nitrogens with one attached hydrogen (secondary N) is 1. The topological polar surface area (TPSA) is 106 Å². The molecule has 2 rings (SSSR count). The Hall–Kier alpha value is -2.54. The summed E-state index contributed by atoms with van der Waals surface area (Å²) < 4.78 is 1.42. The first-order valence-corrected chi connectivity index (χ1v) is 6.40. The van der Waals surface area contributed by atoms with E-state index in [-0.39, 0.29) is 11.7 Å². The van der Waals surface area contributed by atoms with E-state index >= 15 is 0 Å². The van der Waals surface area contributed by atoms with Crippen LogP contribution in [0.15, 0.2) is 29.6 Å². The largest absolute Gasteiger partial charge is 0.409 e. The van der Waals surface area contributed by atoms with E-state index in [1.54, 1.807) is 32.2 Å². The predicted octanol–water partition coefficient (Wildman–Crippen LogP) is 1.73. The van der Waals surface area contributed by atoms with E-state index in [0.717, 1.165) is 0 Å². The van der Waals surface area contributed by atoms with Crippen molar-refractivity contribution in [1.29, 1.82) is 0 Å². The number of carbonyl (C=O) groups excluding carboxylic acids is 1. The zero-order valence-corrected chi connectivity index (χ0v) is 12.2. The molecule has 110 valence electrons. The molecule has 4 N–H and O–H groups in total. The number of aryl methyl sites for hydroxylation is 1. The third-order valence-electron chi connectivity index (χ3n) is 3.07. The van der Waals surface area contributed by atoms with Crippen LogP contribution in [0, 0.1) is 6.92 Å². The van der Waals surface area contributed by atoms with E-state index in [1.165, 1.54) is 10.9 Å². The van der Waals surface area contributed by atoms with Gasteiger partial charge in [0.1, 0.15) is 5.82 Å². The molecule has 0 saturated heterocycles. The van der Waals surface area contributed by atoms with E-state index in [0.29, 0.717) is 27.5 Å². The fraction of sp³-hybridized carbons (Fsp3) is 0.154. The molecule has 1 heterocycles. The van der Waals surface area contributed by atoms with Crippen LogP contribution in [0.2, 0.25) is 5.02 Å². The van der Waals surface area contributed by atoms with Crippen LogP contribution >= 0.6 is 11.6 Å². The molecular formula is C13H14ClN5O2. The Bertz CT molecular complexity index is 723. The summed E-state index contributed by atoms with van der Waals surface area (Å²) in [6.45, 7) is 1.75. The standard InChI is InChI=1S/C13H14ClN5O2/c1-7-8(4-3-5-10(7)14)13(20)17-12-9(11(15)18-21)6-16-19(12)2/h3-6,21H,1-2H3,(H2,15,18)(H,17,20). The molecule has 2 aromatic rings. The lowest BCUT2D eigenvalue weighted by Gasteiger charge is -2.10. The van der Waals surface area contributed by atoms with Crippen LogP contribution in [0.4, 0.5) is 5.82 Å². The summed E-state index contributed by atoms with van der Waals surface area (Å²) in [6.07, 6.45) is 1.40. The predicted molar refractivity (Wildman–Crippen MR) is 79.9 cm³/mol. The number of anilines is 1. The van der Waals surface area contributed by atoms with Gasteiger partial charge in [-0.1, -0.05) is 22.8 Å². The lowest BCUT2D eigenvalue weighted by molar-refractivity contribution is 0.102. The second-order valence-electron chi connectivity index (χ2n) is 4.38. The fourth-order valence-corrected chi connectivity index (χ4v) is 2.03. The zero-order chi connectivity index (χ0) is 15.6. The third-order valence-corrected chi connectivity index (χ3v) is 3.48. The van der Waals surface area contributed by atoms with Crippen molar-refractivity contribution in [1.82, 2.24) is 9.78 Å². The molecule has 0 aliphatic rings. The highest BCUT2D eigenvalue weighted by Crippen LogP contribution is 2.21. The van der Waals surface area contributed by atoms with E-state index in [1.807, 2.05) is 0 Å². The van der Waals surface area contributed by atoms with E-state index in [4.69, 9.17) is 22.5 Å². The SMILES string of the molecule is Cc1c(Cl)cccc1C(=O)Nc1c(/C(N)=N/O)cnn1C. The number of hydrogen-bond acceptors (Lipinski definition) is 4. The van der Waals surface area contributed by atoms with Gasteiger partial charge in [-0.3, -0.25) is 9.48 Å². The summed E-state index contributed by atoms with van der Waals surface area (Å²) in [5, 5.41) is 18.8. The first kappa shape index (κ1) is 14.9. The highest BCUT2D eigenvalue weighted by molar-refractivity contribution is 6.32. The summed E-state index contributed by atoms with van der Waals surface area (Å²) in [4.78, 5) is 12.3. The van der Waals surface area contributed by atoms with Crippen molar-refractivity contribution in [2.45, 2.75) is 6.92 Å². The van der Waals surface area contributed by atoms with Gasteiger partial charge in [0.05, 0.1) is 11.8 Å². The van der Waals surface area contributed by atoms with Gasteiger partial charge in [-0.05, 0) is 24.6 Å². The number of amidine groups is 1. The Labute approximate surface area is 126 Å². The average Bonchev–Trinajstić information content (AvgIpc) is 2.82. The number of rotatable bonds is 3. The third kappa shape index (κ3) is 2.82. The van der Waals surface area contributed by atoms with Crippen molar-refractivity contribution in [2.75, 3.05) is 5.32 Å². The minimum Gasteiger partial charge on any atom is -0.409 e. The molecule has 0 radical (unpaired) electrons. The number of nitrogens with two attached hydrogens (primary N) is 1. The van der Waals surface area contributed by atoms with Gasteiger partial charge in [0, 0.05) is 17.6 Å². The lowest BCUT2D eigenvalue weighted by Crippen LogP contribution is -2.20. The van der Waals surface area contributed by atoms with E-state index in [2.05, 4.69) is 15.6 Å². The molecule has 8 heteroatoms. The molecule has 0 bridgehead atoms. The first-order valence-electron chi connectivity index (χ1n) is 6.02. The van der Waals surface area contributed by atoms with Crippen molar-refractivity contribution in [3.05, 3.63) is 46.1 Å². The molecule has 7 nitrogen and oxygen atoms in total.